The second-order valence-electron chi connectivity index (χ2n) is 6.25. The number of benzene rings is 2. The number of hydrogen-bond acceptors (Lipinski definition) is 2. The number of methoxy groups -OCH3 is 2. The molecule has 0 fully saturated rings. The Balaban J connectivity index is 2.10. The smallest absolute Gasteiger partial charge is 0.123 e. The predicted octanol–water partition coefficient (Wildman–Crippen LogP) is 4.63. The van der Waals surface area contributed by atoms with Crippen LogP contribution in [0, 0.1) is 0 Å². The molecule has 0 saturated carbocycles. The third kappa shape index (κ3) is 1.50. The molecule has 0 radical (unpaired) electrons. The standard InChI is InChI=1S/C20H20O2/c1-11(2)16-17-12-7-5-6-8-13(12)18(16)20-15(22-4)10-9-14(21-3)19(17)20/h5-10,17-18H,1-4H3/t17-,18+. The first kappa shape index (κ1) is 13.4. The SMILES string of the molecule is COc1ccc(OC)c2c1[C@@H]1C(=C(C)C)[C@H]2c2ccccc21. The van der Waals surface area contributed by atoms with Crippen LogP contribution in [-0.2, 0) is 0 Å². The molecule has 0 heterocycles. The average Bonchev–Trinajstić information content (AvgIpc) is 3.06. The number of rotatable bonds is 2. The molecule has 4 rings (SSSR count). The molecule has 112 valence electrons. The summed E-state index contributed by atoms with van der Waals surface area (Å²) < 4.78 is 11.3. The summed E-state index contributed by atoms with van der Waals surface area (Å²) in [5, 5.41) is 0. The molecule has 0 amide bonds. The summed E-state index contributed by atoms with van der Waals surface area (Å²) in [6.07, 6.45) is 0. The minimum absolute atomic E-state index is 0.311. The minimum atomic E-state index is 0.311. The highest BCUT2D eigenvalue weighted by Crippen LogP contribution is 2.64. The normalized spacial score (nSPS) is 20.6. The maximum Gasteiger partial charge on any atom is 0.123 e. The molecule has 0 spiro atoms. The van der Waals surface area contributed by atoms with Crippen molar-refractivity contribution in [1.29, 1.82) is 0 Å². The average molecular weight is 292 g/mol. The lowest BCUT2D eigenvalue weighted by Crippen LogP contribution is -2.06. The van der Waals surface area contributed by atoms with Crippen LogP contribution in [0.2, 0.25) is 0 Å². The summed E-state index contributed by atoms with van der Waals surface area (Å²) in [6.45, 7) is 4.43. The van der Waals surface area contributed by atoms with Crippen LogP contribution in [0.4, 0.5) is 0 Å². The third-order valence-corrected chi connectivity index (χ3v) is 5.04. The maximum absolute atomic E-state index is 5.67. The molecule has 0 saturated heterocycles. The second-order valence-corrected chi connectivity index (χ2v) is 6.25. The van der Waals surface area contributed by atoms with Crippen molar-refractivity contribution in [1.82, 2.24) is 0 Å². The summed E-state index contributed by atoms with van der Waals surface area (Å²) >= 11 is 0. The highest BCUT2D eigenvalue weighted by atomic mass is 16.5. The van der Waals surface area contributed by atoms with Crippen LogP contribution in [0.15, 0.2) is 47.5 Å². The van der Waals surface area contributed by atoms with Gasteiger partial charge in [0.25, 0.3) is 0 Å². The quantitative estimate of drug-likeness (QED) is 0.751. The van der Waals surface area contributed by atoms with E-state index in [1.54, 1.807) is 14.2 Å². The van der Waals surface area contributed by atoms with Gasteiger partial charge in [0.05, 0.1) is 14.2 Å². The molecular weight excluding hydrogens is 272 g/mol. The van der Waals surface area contributed by atoms with E-state index in [2.05, 4.69) is 38.1 Å². The van der Waals surface area contributed by atoms with E-state index >= 15 is 0 Å². The number of allylic oxidation sites excluding steroid dienone is 2. The van der Waals surface area contributed by atoms with Gasteiger partial charge >= 0.3 is 0 Å². The van der Waals surface area contributed by atoms with Crippen molar-refractivity contribution in [3.05, 3.63) is 69.8 Å². The van der Waals surface area contributed by atoms with Gasteiger partial charge < -0.3 is 9.47 Å². The Kier molecular flexibility index (Phi) is 2.83. The van der Waals surface area contributed by atoms with Crippen molar-refractivity contribution in [3.63, 3.8) is 0 Å². The Bertz CT molecular complexity index is 737. The van der Waals surface area contributed by atoms with E-state index in [1.165, 1.54) is 33.4 Å². The molecule has 2 nitrogen and oxygen atoms in total. The van der Waals surface area contributed by atoms with E-state index in [9.17, 15) is 0 Å². The van der Waals surface area contributed by atoms with Crippen LogP contribution in [0.1, 0.15) is 47.9 Å². The zero-order valence-electron chi connectivity index (χ0n) is 13.4. The van der Waals surface area contributed by atoms with Gasteiger partial charge in [0.1, 0.15) is 11.5 Å². The van der Waals surface area contributed by atoms with Crippen molar-refractivity contribution in [2.24, 2.45) is 0 Å². The van der Waals surface area contributed by atoms with Crippen molar-refractivity contribution in [3.8, 4) is 11.5 Å². The molecule has 2 atom stereocenters. The predicted molar refractivity (Wildman–Crippen MR) is 88.0 cm³/mol. The highest BCUT2D eigenvalue weighted by molar-refractivity contribution is 5.74. The topological polar surface area (TPSA) is 18.5 Å². The van der Waals surface area contributed by atoms with Gasteiger partial charge in [0.15, 0.2) is 0 Å². The Morgan fingerprint density at radius 2 is 1.23 bits per heavy atom. The minimum Gasteiger partial charge on any atom is -0.496 e. The maximum atomic E-state index is 5.67. The van der Waals surface area contributed by atoms with E-state index < -0.39 is 0 Å². The first-order valence-corrected chi connectivity index (χ1v) is 7.69. The van der Waals surface area contributed by atoms with Crippen LogP contribution in [-0.4, -0.2) is 14.2 Å². The van der Waals surface area contributed by atoms with Crippen molar-refractivity contribution >= 4 is 0 Å². The molecule has 2 bridgehead atoms. The Morgan fingerprint density at radius 1 is 0.773 bits per heavy atom. The molecule has 2 heteroatoms. The first-order chi connectivity index (χ1) is 10.7. The fourth-order valence-corrected chi connectivity index (χ4v) is 4.29. The van der Waals surface area contributed by atoms with Crippen LogP contribution in [0.5, 0.6) is 11.5 Å². The first-order valence-electron chi connectivity index (χ1n) is 7.69. The second kappa shape index (κ2) is 4.64. The molecule has 0 N–H and O–H groups in total. The fraction of sp³-hybridized carbons (Fsp3) is 0.300. The molecule has 2 aliphatic carbocycles. The molecule has 0 unspecified atom stereocenters. The fourth-order valence-electron chi connectivity index (χ4n) is 4.29. The van der Waals surface area contributed by atoms with Crippen LogP contribution < -0.4 is 9.47 Å². The Morgan fingerprint density at radius 3 is 1.59 bits per heavy atom. The van der Waals surface area contributed by atoms with Gasteiger partial charge in [-0.15, -0.1) is 0 Å². The summed E-state index contributed by atoms with van der Waals surface area (Å²) in [7, 11) is 3.50. The van der Waals surface area contributed by atoms with Gasteiger partial charge in [-0.1, -0.05) is 29.8 Å². The Labute approximate surface area is 131 Å². The highest BCUT2D eigenvalue weighted by Gasteiger charge is 2.49. The van der Waals surface area contributed by atoms with Crippen molar-refractivity contribution in [2.45, 2.75) is 25.7 Å². The number of hydrogen-bond donors (Lipinski definition) is 0. The summed E-state index contributed by atoms with van der Waals surface area (Å²) in [5.41, 5.74) is 8.32. The summed E-state index contributed by atoms with van der Waals surface area (Å²) in [5.74, 6) is 2.56. The van der Waals surface area contributed by atoms with Gasteiger partial charge in [0.2, 0.25) is 0 Å². The molecular formula is C20H20O2. The zero-order valence-corrected chi connectivity index (χ0v) is 13.4. The summed E-state index contributed by atoms with van der Waals surface area (Å²) in [6, 6.07) is 12.8. The van der Waals surface area contributed by atoms with Crippen molar-refractivity contribution < 1.29 is 9.47 Å². The Hall–Kier alpha value is -2.22. The van der Waals surface area contributed by atoms with Crippen molar-refractivity contribution in [2.75, 3.05) is 14.2 Å². The van der Waals surface area contributed by atoms with E-state index in [0.29, 0.717) is 11.8 Å². The summed E-state index contributed by atoms with van der Waals surface area (Å²) in [4.78, 5) is 0. The van der Waals surface area contributed by atoms with Gasteiger partial charge in [-0.05, 0) is 42.7 Å². The number of fused-ring (bicyclic) bond motifs is 8. The largest absolute Gasteiger partial charge is 0.496 e. The lowest BCUT2D eigenvalue weighted by atomic mass is 9.85. The molecule has 2 aromatic carbocycles. The monoisotopic (exact) mass is 292 g/mol. The van der Waals surface area contributed by atoms with Crippen LogP contribution in [0.3, 0.4) is 0 Å². The molecule has 2 aliphatic rings. The lowest BCUT2D eigenvalue weighted by Gasteiger charge is -2.22. The number of ether oxygens (including phenoxy) is 2. The lowest BCUT2D eigenvalue weighted by molar-refractivity contribution is 0.395. The third-order valence-electron chi connectivity index (χ3n) is 5.04. The van der Waals surface area contributed by atoms with Gasteiger partial charge in [-0.25, -0.2) is 0 Å². The van der Waals surface area contributed by atoms with E-state index in [4.69, 9.17) is 9.47 Å². The van der Waals surface area contributed by atoms with Crippen LogP contribution in [0.25, 0.3) is 0 Å². The molecule has 0 aliphatic heterocycles. The molecule has 0 aromatic heterocycles. The van der Waals surface area contributed by atoms with E-state index in [1.807, 2.05) is 12.1 Å². The van der Waals surface area contributed by atoms with Gasteiger partial charge in [-0.3, -0.25) is 0 Å². The molecule has 2 aromatic rings. The van der Waals surface area contributed by atoms with Gasteiger partial charge in [0, 0.05) is 23.0 Å². The van der Waals surface area contributed by atoms with E-state index in [-0.39, 0.29) is 0 Å². The molecule has 22 heavy (non-hydrogen) atoms. The zero-order chi connectivity index (χ0) is 15.4. The van der Waals surface area contributed by atoms with Crippen LogP contribution >= 0.6 is 0 Å². The van der Waals surface area contributed by atoms with Gasteiger partial charge in [-0.2, -0.15) is 0 Å². The van der Waals surface area contributed by atoms with E-state index in [0.717, 1.165) is 11.5 Å².